The summed E-state index contributed by atoms with van der Waals surface area (Å²) in [4.78, 5) is 0.914. The Labute approximate surface area is 105 Å². The van der Waals surface area contributed by atoms with Crippen molar-refractivity contribution in [1.29, 1.82) is 5.26 Å². The van der Waals surface area contributed by atoms with Gasteiger partial charge in [0.25, 0.3) is 0 Å². The maximum atomic E-state index is 12.5. The van der Waals surface area contributed by atoms with Gasteiger partial charge < -0.3 is 0 Å². The average molecular weight is 247 g/mol. The Balaban J connectivity index is 2.31. The van der Waals surface area contributed by atoms with Crippen LogP contribution in [-0.2, 0) is 10.8 Å². The van der Waals surface area contributed by atoms with Crippen molar-refractivity contribution in [3.8, 4) is 6.07 Å². The van der Waals surface area contributed by atoms with Crippen LogP contribution in [0.15, 0.2) is 23.1 Å². The van der Waals surface area contributed by atoms with Gasteiger partial charge in [0, 0.05) is 4.90 Å². The number of nitriles is 1. The van der Waals surface area contributed by atoms with Gasteiger partial charge in [-0.05, 0) is 43.9 Å². The van der Waals surface area contributed by atoms with Gasteiger partial charge in [-0.1, -0.05) is 18.6 Å². The molecule has 3 unspecified atom stereocenters. The average Bonchev–Trinajstić information content (AvgIpc) is 2.79. The van der Waals surface area contributed by atoms with Crippen LogP contribution in [0.1, 0.15) is 30.4 Å². The number of rotatable bonds is 2. The van der Waals surface area contributed by atoms with E-state index < -0.39 is 10.8 Å². The first-order chi connectivity index (χ1) is 8.13. The van der Waals surface area contributed by atoms with Crippen molar-refractivity contribution < 1.29 is 4.21 Å². The van der Waals surface area contributed by atoms with E-state index in [9.17, 15) is 4.21 Å². The van der Waals surface area contributed by atoms with Crippen LogP contribution in [0.5, 0.6) is 0 Å². The van der Waals surface area contributed by atoms with Gasteiger partial charge in [0.05, 0.1) is 28.0 Å². The predicted molar refractivity (Wildman–Crippen MR) is 69.1 cm³/mol. The highest BCUT2D eigenvalue weighted by molar-refractivity contribution is 7.85. The molecule has 3 atom stereocenters. The van der Waals surface area contributed by atoms with Gasteiger partial charge in [-0.3, -0.25) is 4.21 Å². The van der Waals surface area contributed by atoms with Crippen molar-refractivity contribution in [2.75, 3.05) is 0 Å². The zero-order valence-corrected chi connectivity index (χ0v) is 11.1. The number of aryl methyl sites for hydroxylation is 2. The summed E-state index contributed by atoms with van der Waals surface area (Å²) in [6.45, 7) is 4.00. The van der Waals surface area contributed by atoms with Gasteiger partial charge >= 0.3 is 0 Å². The molecule has 1 aliphatic rings. The van der Waals surface area contributed by atoms with Crippen molar-refractivity contribution in [3.63, 3.8) is 0 Å². The third-order valence-electron chi connectivity index (χ3n) is 3.45. The van der Waals surface area contributed by atoms with Gasteiger partial charge in [-0.2, -0.15) is 5.26 Å². The predicted octanol–water partition coefficient (Wildman–Crippen LogP) is 3.10. The molecule has 3 heteroatoms. The summed E-state index contributed by atoms with van der Waals surface area (Å²) in [5.74, 6) is -0.0317. The molecule has 1 aromatic carbocycles. The molecule has 2 nitrogen and oxygen atoms in total. The van der Waals surface area contributed by atoms with E-state index in [2.05, 4.69) is 6.07 Å². The summed E-state index contributed by atoms with van der Waals surface area (Å²) in [7, 11) is -1.03. The van der Waals surface area contributed by atoms with E-state index in [1.165, 1.54) is 0 Å². The van der Waals surface area contributed by atoms with Crippen LogP contribution < -0.4 is 0 Å². The molecular formula is C14H17NOS. The Kier molecular flexibility index (Phi) is 3.63. The molecule has 1 aliphatic carbocycles. The fraction of sp³-hybridized carbons (Fsp3) is 0.500. The minimum Gasteiger partial charge on any atom is -0.254 e. The third-order valence-corrected chi connectivity index (χ3v) is 5.44. The van der Waals surface area contributed by atoms with Crippen molar-refractivity contribution >= 4 is 10.8 Å². The number of nitrogens with zero attached hydrogens (tertiary/aromatic N) is 1. The Morgan fingerprint density at radius 3 is 2.82 bits per heavy atom. The zero-order chi connectivity index (χ0) is 12.4. The molecule has 17 heavy (non-hydrogen) atoms. The van der Waals surface area contributed by atoms with E-state index in [-0.39, 0.29) is 11.2 Å². The van der Waals surface area contributed by atoms with E-state index in [1.807, 2.05) is 32.0 Å². The molecule has 0 spiro atoms. The summed E-state index contributed by atoms with van der Waals surface area (Å²) in [6, 6.07) is 8.35. The van der Waals surface area contributed by atoms with Crippen molar-refractivity contribution in [2.24, 2.45) is 5.92 Å². The second kappa shape index (κ2) is 5.01. The highest BCUT2D eigenvalue weighted by atomic mass is 32.2. The Morgan fingerprint density at radius 1 is 1.35 bits per heavy atom. The van der Waals surface area contributed by atoms with Crippen LogP contribution in [0.25, 0.3) is 0 Å². The number of benzene rings is 1. The van der Waals surface area contributed by atoms with Crippen LogP contribution in [-0.4, -0.2) is 9.46 Å². The smallest absolute Gasteiger partial charge is 0.0668 e. The molecule has 0 saturated heterocycles. The molecule has 0 radical (unpaired) electrons. The highest BCUT2D eigenvalue weighted by Crippen LogP contribution is 2.33. The van der Waals surface area contributed by atoms with Gasteiger partial charge in [0.2, 0.25) is 0 Å². The standard InChI is InChI=1S/C14H17NOS/c1-10-6-7-11(2)14(8-10)17(16)13-5-3-4-12(13)9-15/h6-8,12-13H,3-5H2,1-2H3. The lowest BCUT2D eigenvalue weighted by Crippen LogP contribution is -2.19. The lowest BCUT2D eigenvalue weighted by Gasteiger charge is -2.15. The SMILES string of the molecule is Cc1ccc(C)c(S(=O)C2CCCC2C#N)c1. The summed E-state index contributed by atoms with van der Waals surface area (Å²) in [5, 5.41) is 9.10. The van der Waals surface area contributed by atoms with E-state index in [0.29, 0.717) is 0 Å². The molecule has 0 aliphatic heterocycles. The Hall–Kier alpha value is -1.14. The Morgan fingerprint density at radius 2 is 2.12 bits per heavy atom. The van der Waals surface area contributed by atoms with Gasteiger partial charge in [0.15, 0.2) is 0 Å². The van der Waals surface area contributed by atoms with E-state index in [1.54, 1.807) is 0 Å². The second-order valence-corrected chi connectivity index (χ2v) is 6.41. The summed E-state index contributed by atoms with van der Waals surface area (Å²) in [6.07, 6.45) is 2.84. The first kappa shape index (κ1) is 12.3. The molecule has 0 N–H and O–H groups in total. The van der Waals surface area contributed by atoms with Gasteiger partial charge in [-0.25, -0.2) is 0 Å². The lowest BCUT2D eigenvalue weighted by atomic mass is 10.1. The molecule has 0 amide bonds. The van der Waals surface area contributed by atoms with Crippen LogP contribution in [0.3, 0.4) is 0 Å². The molecule has 1 saturated carbocycles. The largest absolute Gasteiger partial charge is 0.254 e. The first-order valence-electron chi connectivity index (χ1n) is 6.01. The second-order valence-electron chi connectivity index (χ2n) is 4.77. The fourth-order valence-corrected chi connectivity index (χ4v) is 4.31. The number of hydrogen-bond donors (Lipinski definition) is 0. The van der Waals surface area contributed by atoms with Gasteiger partial charge in [0.1, 0.15) is 0 Å². The quantitative estimate of drug-likeness (QED) is 0.805. The topological polar surface area (TPSA) is 40.9 Å². The van der Waals surface area contributed by atoms with Crippen molar-refractivity contribution in [3.05, 3.63) is 29.3 Å². The molecule has 0 bridgehead atoms. The summed E-state index contributed by atoms with van der Waals surface area (Å²) >= 11 is 0. The number of hydrogen-bond acceptors (Lipinski definition) is 2. The zero-order valence-electron chi connectivity index (χ0n) is 10.3. The lowest BCUT2D eigenvalue weighted by molar-refractivity contribution is 0.645. The first-order valence-corrected chi connectivity index (χ1v) is 7.22. The van der Waals surface area contributed by atoms with Crippen LogP contribution in [0.2, 0.25) is 0 Å². The van der Waals surface area contributed by atoms with E-state index in [0.717, 1.165) is 35.3 Å². The normalized spacial score (nSPS) is 25.5. The van der Waals surface area contributed by atoms with Crippen molar-refractivity contribution in [2.45, 2.75) is 43.3 Å². The maximum Gasteiger partial charge on any atom is 0.0668 e. The van der Waals surface area contributed by atoms with Crippen LogP contribution >= 0.6 is 0 Å². The summed E-state index contributed by atoms with van der Waals surface area (Å²) in [5.41, 5.74) is 2.20. The molecule has 1 aromatic rings. The molecular weight excluding hydrogens is 230 g/mol. The Bertz CT molecular complexity index is 489. The third kappa shape index (κ3) is 2.42. The molecule has 90 valence electrons. The van der Waals surface area contributed by atoms with Crippen LogP contribution in [0.4, 0.5) is 0 Å². The van der Waals surface area contributed by atoms with Crippen LogP contribution in [0, 0.1) is 31.1 Å². The molecule has 0 aromatic heterocycles. The summed E-state index contributed by atoms with van der Waals surface area (Å²) < 4.78 is 12.5. The molecule has 0 heterocycles. The van der Waals surface area contributed by atoms with Gasteiger partial charge in [-0.15, -0.1) is 0 Å². The fourth-order valence-electron chi connectivity index (χ4n) is 2.42. The highest BCUT2D eigenvalue weighted by Gasteiger charge is 2.33. The molecule has 1 fully saturated rings. The van der Waals surface area contributed by atoms with E-state index in [4.69, 9.17) is 5.26 Å². The minimum atomic E-state index is -1.03. The monoisotopic (exact) mass is 247 g/mol. The van der Waals surface area contributed by atoms with E-state index >= 15 is 0 Å². The van der Waals surface area contributed by atoms with Crippen molar-refractivity contribution in [1.82, 2.24) is 0 Å². The maximum absolute atomic E-state index is 12.5. The molecule has 2 rings (SSSR count). The minimum absolute atomic E-state index is 0.0282.